The van der Waals surface area contributed by atoms with Crippen LogP contribution in [0.5, 0.6) is 0 Å². The van der Waals surface area contributed by atoms with Crippen LogP contribution < -0.4 is 9.62 Å². The summed E-state index contributed by atoms with van der Waals surface area (Å²) in [6.07, 6.45) is 0.354. The lowest BCUT2D eigenvalue weighted by Gasteiger charge is -2.33. The Morgan fingerprint density at radius 1 is 0.949 bits per heavy atom. The van der Waals surface area contributed by atoms with Crippen LogP contribution >= 0.6 is 27.5 Å². The van der Waals surface area contributed by atoms with Crippen LogP contribution in [-0.4, -0.2) is 44.3 Å². The molecule has 1 N–H and O–H groups in total. The van der Waals surface area contributed by atoms with E-state index in [0.717, 1.165) is 14.3 Å². The van der Waals surface area contributed by atoms with Gasteiger partial charge in [0.05, 0.1) is 10.6 Å². The van der Waals surface area contributed by atoms with E-state index in [9.17, 15) is 18.0 Å². The number of halogens is 2. The molecule has 39 heavy (non-hydrogen) atoms. The minimum absolute atomic E-state index is 0.0617. The zero-order valence-electron chi connectivity index (χ0n) is 22.2. The topological polar surface area (TPSA) is 86.8 Å². The highest BCUT2D eigenvalue weighted by atomic mass is 79.9. The van der Waals surface area contributed by atoms with Crippen LogP contribution in [0.1, 0.15) is 32.8 Å². The van der Waals surface area contributed by atoms with Gasteiger partial charge in [0.15, 0.2) is 0 Å². The second-order valence-electron chi connectivity index (χ2n) is 9.51. The molecule has 0 aliphatic rings. The zero-order chi connectivity index (χ0) is 28.6. The van der Waals surface area contributed by atoms with Crippen molar-refractivity contribution < 1.29 is 18.0 Å². The Kier molecular flexibility index (Phi) is 11.0. The van der Waals surface area contributed by atoms with Crippen molar-refractivity contribution in [3.8, 4) is 0 Å². The van der Waals surface area contributed by atoms with Crippen molar-refractivity contribution in [2.45, 2.75) is 44.7 Å². The highest BCUT2D eigenvalue weighted by Crippen LogP contribution is 2.26. The summed E-state index contributed by atoms with van der Waals surface area (Å²) < 4.78 is 29.4. The first-order chi connectivity index (χ1) is 18.5. The second kappa shape index (κ2) is 14.0. The van der Waals surface area contributed by atoms with E-state index in [0.29, 0.717) is 23.7 Å². The lowest BCUT2D eigenvalue weighted by molar-refractivity contribution is -0.140. The van der Waals surface area contributed by atoms with E-state index in [2.05, 4.69) is 21.2 Å². The number of sulfonamides is 1. The summed E-state index contributed by atoms with van der Waals surface area (Å²) in [5, 5.41) is 3.47. The molecule has 0 aromatic heterocycles. The quantitative estimate of drug-likeness (QED) is 0.270. The molecule has 3 aromatic carbocycles. The molecule has 3 aromatic rings. The first kappa shape index (κ1) is 30.7. The third-order valence-electron chi connectivity index (χ3n) is 6.06. The van der Waals surface area contributed by atoms with Gasteiger partial charge in [0, 0.05) is 22.6 Å². The van der Waals surface area contributed by atoms with Crippen molar-refractivity contribution in [3.63, 3.8) is 0 Å². The number of carbonyl (C=O) groups is 2. The third-order valence-corrected chi connectivity index (χ3v) is 8.63. The molecule has 3 rings (SSSR count). The van der Waals surface area contributed by atoms with Gasteiger partial charge in [0.25, 0.3) is 10.0 Å². The maximum atomic E-state index is 14.0. The van der Waals surface area contributed by atoms with E-state index in [4.69, 9.17) is 11.6 Å². The fourth-order valence-corrected chi connectivity index (χ4v) is 5.81. The average Bonchev–Trinajstić information content (AvgIpc) is 2.92. The molecule has 1 atom stereocenters. The van der Waals surface area contributed by atoms with Gasteiger partial charge in [0.2, 0.25) is 11.8 Å². The van der Waals surface area contributed by atoms with Gasteiger partial charge in [-0.05, 0) is 66.4 Å². The molecule has 10 heteroatoms. The average molecular weight is 635 g/mol. The van der Waals surface area contributed by atoms with E-state index >= 15 is 0 Å². The number of amides is 2. The predicted octanol–water partition coefficient (Wildman–Crippen LogP) is 5.88. The number of hydrogen-bond acceptors (Lipinski definition) is 4. The maximum absolute atomic E-state index is 14.0. The summed E-state index contributed by atoms with van der Waals surface area (Å²) in [7, 11) is -4.10. The standard InChI is InChI=1S/C29H33BrClN3O4S/c1-4-27(29(36)32-18-21(2)3)33(19-22-10-14-24(31)15-11-22)28(35)20-34(25-16-12-23(30)13-17-25)39(37,38)26-8-6-5-7-9-26/h5-17,21,27H,4,18-20H2,1-3H3,(H,32,36)/t27-/m1/s1. The lowest BCUT2D eigenvalue weighted by atomic mass is 10.1. The number of nitrogens with one attached hydrogen (secondary N) is 1. The fraction of sp³-hybridized carbons (Fsp3) is 0.310. The molecule has 0 spiro atoms. The molecule has 0 fully saturated rings. The van der Waals surface area contributed by atoms with Gasteiger partial charge in [-0.2, -0.15) is 0 Å². The van der Waals surface area contributed by atoms with E-state index in [1.165, 1.54) is 17.0 Å². The summed E-state index contributed by atoms with van der Waals surface area (Å²) in [5.74, 6) is -0.552. The molecule has 0 unspecified atom stereocenters. The smallest absolute Gasteiger partial charge is 0.264 e. The minimum atomic E-state index is -4.10. The summed E-state index contributed by atoms with van der Waals surface area (Å²) in [6.45, 7) is 5.90. The van der Waals surface area contributed by atoms with Crippen molar-refractivity contribution in [1.82, 2.24) is 10.2 Å². The van der Waals surface area contributed by atoms with Gasteiger partial charge < -0.3 is 10.2 Å². The van der Waals surface area contributed by atoms with Crippen LogP contribution in [-0.2, 0) is 26.2 Å². The van der Waals surface area contributed by atoms with E-state index in [1.54, 1.807) is 66.7 Å². The molecule has 2 amide bonds. The van der Waals surface area contributed by atoms with E-state index in [1.807, 2.05) is 20.8 Å². The Labute approximate surface area is 244 Å². The van der Waals surface area contributed by atoms with Crippen molar-refractivity contribution in [2.75, 3.05) is 17.4 Å². The van der Waals surface area contributed by atoms with Gasteiger partial charge in [-0.3, -0.25) is 13.9 Å². The van der Waals surface area contributed by atoms with Gasteiger partial charge >= 0.3 is 0 Å². The predicted molar refractivity (Wildman–Crippen MR) is 159 cm³/mol. The summed E-state index contributed by atoms with van der Waals surface area (Å²) in [4.78, 5) is 28.7. The Bertz CT molecular complexity index is 1350. The molecule has 208 valence electrons. The molecule has 0 radical (unpaired) electrons. The first-order valence-corrected chi connectivity index (χ1v) is 15.3. The minimum Gasteiger partial charge on any atom is -0.354 e. The Hall–Kier alpha value is -2.88. The van der Waals surface area contributed by atoms with Crippen molar-refractivity contribution in [1.29, 1.82) is 0 Å². The van der Waals surface area contributed by atoms with Gasteiger partial charge in [-0.15, -0.1) is 0 Å². The van der Waals surface area contributed by atoms with Gasteiger partial charge in [-0.25, -0.2) is 8.42 Å². The number of benzene rings is 3. The molecular formula is C29H33BrClN3O4S. The normalized spacial score (nSPS) is 12.2. The van der Waals surface area contributed by atoms with Crippen LogP contribution in [0.3, 0.4) is 0 Å². The summed E-state index contributed by atoms with van der Waals surface area (Å²) in [6, 6.07) is 20.9. The molecule has 7 nitrogen and oxygen atoms in total. The molecule has 0 aliphatic carbocycles. The van der Waals surface area contributed by atoms with Gasteiger partial charge in [-0.1, -0.05) is 78.6 Å². The Morgan fingerprint density at radius 3 is 2.13 bits per heavy atom. The van der Waals surface area contributed by atoms with Crippen LogP contribution in [0.4, 0.5) is 5.69 Å². The number of anilines is 1. The first-order valence-electron chi connectivity index (χ1n) is 12.7. The number of carbonyl (C=O) groups excluding carboxylic acids is 2. The number of nitrogens with zero attached hydrogens (tertiary/aromatic N) is 2. The largest absolute Gasteiger partial charge is 0.354 e. The van der Waals surface area contributed by atoms with E-state index in [-0.39, 0.29) is 23.3 Å². The molecule has 0 saturated carbocycles. The van der Waals surface area contributed by atoms with Crippen molar-refractivity contribution in [3.05, 3.63) is 93.9 Å². The van der Waals surface area contributed by atoms with Gasteiger partial charge in [0.1, 0.15) is 12.6 Å². The number of hydrogen-bond donors (Lipinski definition) is 1. The monoisotopic (exact) mass is 633 g/mol. The Balaban J connectivity index is 2.02. The molecule has 0 heterocycles. The zero-order valence-corrected chi connectivity index (χ0v) is 25.3. The summed E-state index contributed by atoms with van der Waals surface area (Å²) >= 11 is 9.43. The fourth-order valence-electron chi connectivity index (χ4n) is 3.98. The van der Waals surface area contributed by atoms with Crippen LogP contribution in [0.25, 0.3) is 0 Å². The number of rotatable bonds is 12. The van der Waals surface area contributed by atoms with E-state index < -0.39 is 28.5 Å². The van der Waals surface area contributed by atoms with Crippen molar-refractivity contribution >= 4 is 55.1 Å². The van der Waals surface area contributed by atoms with Crippen LogP contribution in [0.2, 0.25) is 5.02 Å². The van der Waals surface area contributed by atoms with Crippen LogP contribution in [0.15, 0.2) is 88.2 Å². The lowest BCUT2D eigenvalue weighted by Crippen LogP contribution is -2.52. The third kappa shape index (κ3) is 8.30. The highest BCUT2D eigenvalue weighted by molar-refractivity contribution is 9.10. The molecule has 0 bridgehead atoms. The second-order valence-corrected chi connectivity index (χ2v) is 12.7. The molecule has 0 saturated heterocycles. The molecule has 0 aliphatic heterocycles. The Morgan fingerprint density at radius 2 is 1.56 bits per heavy atom. The van der Waals surface area contributed by atoms with Crippen LogP contribution in [0, 0.1) is 5.92 Å². The maximum Gasteiger partial charge on any atom is 0.264 e. The highest BCUT2D eigenvalue weighted by Gasteiger charge is 2.33. The molecular weight excluding hydrogens is 602 g/mol. The summed E-state index contributed by atoms with van der Waals surface area (Å²) in [5.41, 5.74) is 1.10. The SMILES string of the molecule is CC[C@H](C(=O)NCC(C)C)N(Cc1ccc(Cl)cc1)C(=O)CN(c1ccc(Br)cc1)S(=O)(=O)c1ccccc1. The van der Waals surface area contributed by atoms with Crippen molar-refractivity contribution in [2.24, 2.45) is 5.92 Å².